The van der Waals surface area contributed by atoms with E-state index in [1.165, 1.54) is 13.0 Å². The van der Waals surface area contributed by atoms with Crippen LogP contribution < -0.4 is 0 Å². The highest BCUT2D eigenvalue weighted by atomic mass is 16.5. The van der Waals surface area contributed by atoms with Crippen LogP contribution in [0.5, 0.6) is 0 Å². The molecule has 1 heterocycles. The molecule has 23 heavy (non-hydrogen) atoms. The average molecular weight is 324 g/mol. The monoisotopic (exact) mass is 324 g/mol. The number of allylic oxidation sites excluding steroid dienone is 2. The van der Waals surface area contributed by atoms with Gasteiger partial charge in [-0.2, -0.15) is 0 Å². The summed E-state index contributed by atoms with van der Waals surface area (Å²) in [7, 11) is 0. The fraction of sp³-hybridized carbons (Fsp3) is 0.611. The van der Waals surface area contributed by atoms with E-state index in [9.17, 15) is 20.1 Å². The number of carbonyl (C=O) groups excluding carboxylic acids is 1. The normalized spacial score (nSPS) is 38.9. The number of hydrogen-bond acceptors (Lipinski definition) is 5. The van der Waals surface area contributed by atoms with Crippen LogP contribution in [-0.2, 0) is 9.53 Å². The van der Waals surface area contributed by atoms with Crippen LogP contribution in [0.25, 0.3) is 0 Å². The van der Waals surface area contributed by atoms with Gasteiger partial charge in [0.1, 0.15) is 12.2 Å². The predicted octanol–water partition coefficient (Wildman–Crippen LogP) is 1.88. The molecule has 0 unspecified atom stereocenters. The molecule has 1 aliphatic heterocycles. The minimum atomic E-state index is -1.36. The molecule has 5 atom stereocenters. The summed E-state index contributed by atoms with van der Waals surface area (Å²) in [5, 5.41) is 30.4. The molecule has 1 rings (SSSR count). The van der Waals surface area contributed by atoms with Gasteiger partial charge in [0.15, 0.2) is 0 Å². The lowest BCUT2D eigenvalue weighted by Crippen LogP contribution is -2.39. The Morgan fingerprint density at radius 2 is 2.09 bits per heavy atom. The van der Waals surface area contributed by atoms with Crippen LogP contribution >= 0.6 is 0 Å². The van der Waals surface area contributed by atoms with E-state index < -0.39 is 29.9 Å². The van der Waals surface area contributed by atoms with Crippen LogP contribution in [0.4, 0.5) is 0 Å². The highest BCUT2D eigenvalue weighted by molar-refractivity contribution is 5.70. The molecule has 0 spiro atoms. The molecule has 3 N–H and O–H groups in total. The van der Waals surface area contributed by atoms with Crippen LogP contribution in [0, 0.1) is 5.92 Å². The molecule has 0 aromatic heterocycles. The first-order valence-corrected chi connectivity index (χ1v) is 7.93. The van der Waals surface area contributed by atoms with Gasteiger partial charge in [0, 0.05) is 5.92 Å². The van der Waals surface area contributed by atoms with Gasteiger partial charge in [-0.05, 0) is 32.3 Å². The summed E-state index contributed by atoms with van der Waals surface area (Å²) in [6, 6.07) is 0. The summed E-state index contributed by atoms with van der Waals surface area (Å²) >= 11 is 0. The van der Waals surface area contributed by atoms with Gasteiger partial charge in [0.2, 0.25) is 0 Å². The zero-order valence-electron chi connectivity index (χ0n) is 14.1. The lowest BCUT2D eigenvalue weighted by Gasteiger charge is -2.30. The Hall–Kier alpha value is -1.43. The number of carbonyl (C=O) groups is 1. The quantitative estimate of drug-likeness (QED) is 0.410. The van der Waals surface area contributed by atoms with E-state index in [1.807, 2.05) is 13.8 Å². The molecular weight excluding hydrogens is 296 g/mol. The van der Waals surface area contributed by atoms with Crippen molar-refractivity contribution in [1.29, 1.82) is 0 Å². The van der Waals surface area contributed by atoms with E-state index in [2.05, 4.69) is 6.58 Å². The van der Waals surface area contributed by atoms with Crippen molar-refractivity contribution in [3.63, 3.8) is 0 Å². The van der Waals surface area contributed by atoms with Crippen LogP contribution in [0.15, 0.2) is 36.5 Å². The first-order valence-electron chi connectivity index (χ1n) is 7.93. The van der Waals surface area contributed by atoms with Crippen molar-refractivity contribution < 1.29 is 24.9 Å². The third-order valence-corrected chi connectivity index (χ3v) is 4.19. The molecule has 0 aromatic rings. The van der Waals surface area contributed by atoms with E-state index in [1.54, 1.807) is 18.2 Å². The molecule has 0 fully saturated rings. The van der Waals surface area contributed by atoms with Crippen LogP contribution in [0.1, 0.15) is 40.0 Å². The van der Waals surface area contributed by atoms with Gasteiger partial charge in [0.25, 0.3) is 0 Å². The number of aliphatic hydroxyl groups is 3. The average Bonchev–Trinajstić information content (AvgIpc) is 2.47. The second-order valence-electron chi connectivity index (χ2n) is 6.50. The maximum Gasteiger partial charge on any atom is 0.309 e. The summed E-state index contributed by atoms with van der Waals surface area (Å²) in [5.41, 5.74) is -0.541. The van der Waals surface area contributed by atoms with Crippen molar-refractivity contribution in [3.8, 4) is 0 Å². The maximum atomic E-state index is 12.0. The highest BCUT2D eigenvalue weighted by Gasteiger charge is 2.31. The van der Waals surface area contributed by atoms with Crippen molar-refractivity contribution in [3.05, 3.63) is 36.5 Å². The molecule has 0 bridgehead atoms. The number of cyclic esters (lactones) is 1. The molecular formula is C18H28O5. The summed E-state index contributed by atoms with van der Waals surface area (Å²) < 4.78 is 5.50. The fourth-order valence-electron chi connectivity index (χ4n) is 2.58. The summed E-state index contributed by atoms with van der Waals surface area (Å²) in [5.74, 6) is -0.683. The number of ether oxygens (including phenoxy) is 1. The Kier molecular flexibility index (Phi) is 7.19. The Balaban J connectivity index is 3.11. The summed E-state index contributed by atoms with van der Waals surface area (Å²) in [6.45, 7) is 8.85. The fourth-order valence-corrected chi connectivity index (χ4v) is 2.58. The summed E-state index contributed by atoms with van der Waals surface area (Å²) in [4.78, 5) is 12.0. The lowest BCUT2D eigenvalue weighted by molar-refractivity contribution is -0.151. The van der Waals surface area contributed by atoms with Crippen molar-refractivity contribution >= 4 is 5.97 Å². The van der Waals surface area contributed by atoms with Crippen molar-refractivity contribution in [2.45, 2.75) is 63.9 Å². The molecule has 0 saturated heterocycles. The highest BCUT2D eigenvalue weighted by Crippen LogP contribution is 2.24. The second kappa shape index (κ2) is 8.43. The largest absolute Gasteiger partial charge is 0.457 e. The Labute approximate surface area is 138 Å². The molecule has 0 amide bonds. The predicted molar refractivity (Wildman–Crippen MR) is 88.6 cm³/mol. The van der Waals surface area contributed by atoms with Gasteiger partial charge in [-0.25, -0.2) is 0 Å². The number of rotatable bonds is 2. The van der Waals surface area contributed by atoms with E-state index in [0.717, 1.165) is 5.57 Å². The van der Waals surface area contributed by atoms with Crippen LogP contribution in [0.3, 0.4) is 0 Å². The second-order valence-corrected chi connectivity index (χ2v) is 6.50. The van der Waals surface area contributed by atoms with Crippen molar-refractivity contribution in [2.24, 2.45) is 5.92 Å². The van der Waals surface area contributed by atoms with Crippen LogP contribution in [-0.4, -0.2) is 45.2 Å². The van der Waals surface area contributed by atoms with Gasteiger partial charge in [-0.3, -0.25) is 4.79 Å². The number of hydrogen-bond donors (Lipinski definition) is 3. The third-order valence-electron chi connectivity index (χ3n) is 4.19. The topological polar surface area (TPSA) is 87.0 Å². The van der Waals surface area contributed by atoms with Gasteiger partial charge in [-0.1, -0.05) is 37.8 Å². The first kappa shape index (κ1) is 19.6. The summed E-state index contributed by atoms with van der Waals surface area (Å²) in [6.07, 6.45) is 4.38. The maximum absolute atomic E-state index is 12.0. The Morgan fingerprint density at radius 3 is 2.70 bits per heavy atom. The van der Waals surface area contributed by atoms with E-state index in [4.69, 9.17) is 4.74 Å². The van der Waals surface area contributed by atoms with Gasteiger partial charge in [0.05, 0.1) is 18.1 Å². The molecule has 0 radical (unpaired) electrons. The van der Waals surface area contributed by atoms with Crippen molar-refractivity contribution in [1.82, 2.24) is 0 Å². The van der Waals surface area contributed by atoms with Crippen molar-refractivity contribution in [2.75, 3.05) is 0 Å². The molecule has 0 aliphatic carbocycles. The lowest BCUT2D eigenvalue weighted by atomic mass is 9.89. The molecule has 5 nitrogen and oxygen atoms in total. The zero-order chi connectivity index (χ0) is 17.6. The SMILES string of the molecule is C=C/C=C(\C)[C@H]1OC(=O)C[C@H](O)CC[C@@](C)(O)[C@@H](O)/C=C\[C@@H]1C. The van der Waals surface area contributed by atoms with Gasteiger partial charge < -0.3 is 20.1 Å². The van der Waals surface area contributed by atoms with E-state index in [-0.39, 0.29) is 25.2 Å². The molecule has 1 aliphatic rings. The van der Waals surface area contributed by atoms with E-state index >= 15 is 0 Å². The Morgan fingerprint density at radius 1 is 1.43 bits per heavy atom. The molecule has 0 saturated carbocycles. The van der Waals surface area contributed by atoms with Gasteiger partial charge in [-0.15, -0.1) is 0 Å². The molecule has 130 valence electrons. The van der Waals surface area contributed by atoms with Crippen LogP contribution in [0.2, 0.25) is 0 Å². The standard InChI is InChI=1S/C18H28O5/c1-5-6-12(2)17-13(3)7-8-15(20)18(4,22)10-9-14(19)11-16(21)23-17/h5-8,13-15,17,19-20,22H,1,9-11H2,2-4H3/b8-7-,12-6+/t13-,14+,15-,17+,18+/m0/s1. The number of aliphatic hydroxyl groups excluding tert-OH is 2. The first-order chi connectivity index (χ1) is 10.7. The molecule has 0 aromatic carbocycles. The minimum Gasteiger partial charge on any atom is -0.457 e. The number of esters is 1. The minimum absolute atomic E-state index is 0.138. The van der Waals surface area contributed by atoms with E-state index in [0.29, 0.717) is 0 Å². The van der Waals surface area contributed by atoms with Gasteiger partial charge >= 0.3 is 5.97 Å². The smallest absolute Gasteiger partial charge is 0.309 e. The molecule has 5 heteroatoms. The zero-order valence-corrected chi connectivity index (χ0v) is 14.1. The Bertz CT molecular complexity index is 478. The third kappa shape index (κ3) is 5.94.